The van der Waals surface area contributed by atoms with Gasteiger partial charge in [0.05, 0.1) is 24.2 Å². The lowest BCUT2D eigenvalue weighted by Gasteiger charge is -2.28. The molecule has 0 saturated carbocycles. The molecule has 6 rings (SSSR count). The molecule has 1 fully saturated rings. The molecular weight excluding hydrogens is 490 g/mol. The molecule has 8 heteroatoms. The second kappa shape index (κ2) is 11.0. The number of H-pyrrole nitrogens is 1. The van der Waals surface area contributed by atoms with E-state index in [0.717, 1.165) is 59.8 Å². The van der Waals surface area contributed by atoms with Crippen molar-refractivity contribution < 1.29 is 14.6 Å². The molecule has 1 aliphatic rings. The number of rotatable bonds is 7. The molecule has 39 heavy (non-hydrogen) atoms. The Balaban J connectivity index is 1.12. The molecule has 2 heterocycles. The predicted octanol–water partition coefficient (Wildman–Crippen LogP) is 5.42. The van der Waals surface area contributed by atoms with Crippen LogP contribution in [0.4, 0.5) is 17.1 Å². The van der Waals surface area contributed by atoms with Crippen molar-refractivity contribution in [1.29, 1.82) is 0 Å². The minimum Gasteiger partial charge on any atom is -0.378 e. The SMILES string of the molecule is O=C(Nc1ccc2nc(-c3ccc(C(O)Nc4ccccc4)cc3)[nH]c2c1)c1ccc(N2CCOCC2)cc1. The van der Waals surface area contributed by atoms with E-state index in [2.05, 4.69) is 20.5 Å². The zero-order valence-electron chi connectivity index (χ0n) is 21.3. The van der Waals surface area contributed by atoms with Gasteiger partial charge in [0.2, 0.25) is 0 Å². The van der Waals surface area contributed by atoms with Crippen molar-refractivity contribution in [2.24, 2.45) is 0 Å². The number of aromatic amines is 1. The zero-order chi connectivity index (χ0) is 26.6. The van der Waals surface area contributed by atoms with Crippen LogP contribution >= 0.6 is 0 Å². The fourth-order valence-corrected chi connectivity index (χ4v) is 4.67. The van der Waals surface area contributed by atoms with E-state index in [9.17, 15) is 9.90 Å². The van der Waals surface area contributed by atoms with Gasteiger partial charge in [-0.1, -0.05) is 42.5 Å². The maximum absolute atomic E-state index is 12.9. The highest BCUT2D eigenvalue weighted by Crippen LogP contribution is 2.26. The van der Waals surface area contributed by atoms with Gasteiger partial charge in [0.15, 0.2) is 6.23 Å². The number of anilines is 3. The van der Waals surface area contributed by atoms with Crippen molar-refractivity contribution in [3.8, 4) is 11.4 Å². The maximum atomic E-state index is 12.9. The molecule has 0 bridgehead atoms. The van der Waals surface area contributed by atoms with Crippen LogP contribution in [0.5, 0.6) is 0 Å². The molecule has 0 aliphatic carbocycles. The van der Waals surface area contributed by atoms with Crippen molar-refractivity contribution in [3.05, 3.63) is 108 Å². The van der Waals surface area contributed by atoms with Crippen LogP contribution in [0.1, 0.15) is 22.1 Å². The second-order valence-electron chi connectivity index (χ2n) is 9.45. The fourth-order valence-electron chi connectivity index (χ4n) is 4.67. The number of morpholine rings is 1. The Kier molecular flexibility index (Phi) is 6.95. The number of aliphatic hydroxyl groups excluding tert-OH is 1. The summed E-state index contributed by atoms with van der Waals surface area (Å²) in [5, 5.41) is 16.6. The van der Waals surface area contributed by atoms with E-state index in [1.807, 2.05) is 97.1 Å². The van der Waals surface area contributed by atoms with Crippen molar-refractivity contribution in [3.63, 3.8) is 0 Å². The normalized spacial score (nSPS) is 14.2. The summed E-state index contributed by atoms with van der Waals surface area (Å²) in [6.07, 6.45) is -0.820. The van der Waals surface area contributed by atoms with Crippen LogP contribution in [0.2, 0.25) is 0 Å². The van der Waals surface area contributed by atoms with Gasteiger partial charge >= 0.3 is 0 Å². The number of ether oxygens (including phenoxy) is 1. The summed E-state index contributed by atoms with van der Waals surface area (Å²) < 4.78 is 5.41. The molecule has 1 atom stereocenters. The highest BCUT2D eigenvalue weighted by atomic mass is 16.5. The summed E-state index contributed by atoms with van der Waals surface area (Å²) in [5.74, 6) is 0.546. The Hall–Kier alpha value is -4.66. The molecular formula is C31H29N5O3. The summed E-state index contributed by atoms with van der Waals surface area (Å²) in [6.45, 7) is 3.16. The lowest BCUT2D eigenvalue weighted by atomic mass is 10.1. The van der Waals surface area contributed by atoms with Gasteiger partial charge in [-0.15, -0.1) is 0 Å². The van der Waals surface area contributed by atoms with E-state index in [1.165, 1.54) is 0 Å². The molecule has 1 unspecified atom stereocenters. The van der Waals surface area contributed by atoms with Crippen LogP contribution in [0, 0.1) is 0 Å². The molecule has 4 aromatic carbocycles. The molecule has 196 valence electrons. The number of nitrogens with one attached hydrogen (secondary N) is 3. The lowest BCUT2D eigenvalue weighted by Crippen LogP contribution is -2.36. The Morgan fingerprint density at radius 1 is 0.897 bits per heavy atom. The van der Waals surface area contributed by atoms with Gasteiger partial charge in [-0.3, -0.25) is 4.79 Å². The van der Waals surface area contributed by atoms with Gasteiger partial charge in [-0.2, -0.15) is 0 Å². The highest BCUT2D eigenvalue weighted by molar-refractivity contribution is 6.05. The monoisotopic (exact) mass is 519 g/mol. The maximum Gasteiger partial charge on any atom is 0.255 e. The van der Waals surface area contributed by atoms with Gasteiger partial charge < -0.3 is 30.4 Å². The number of amides is 1. The number of carbonyl (C=O) groups is 1. The van der Waals surface area contributed by atoms with Crippen LogP contribution in [0.15, 0.2) is 97.1 Å². The van der Waals surface area contributed by atoms with Crippen LogP contribution in [-0.4, -0.2) is 47.3 Å². The standard InChI is InChI=1S/C31H29N5O3/c37-30(32-24-4-2-1-3-5-24)22-8-6-21(7-9-22)29-34-27-15-12-25(20-28(27)35-29)33-31(38)23-10-13-26(14-11-23)36-16-18-39-19-17-36/h1-15,20,30,32,37H,16-19H2,(H,33,38)(H,34,35). The largest absolute Gasteiger partial charge is 0.378 e. The van der Waals surface area contributed by atoms with E-state index in [1.54, 1.807) is 0 Å². The number of aliphatic hydroxyl groups is 1. The quantitative estimate of drug-likeness (QED) is 0.214. The molecule has 5 aromatic rings. The Labute approximate surface area is 226 Å². The smallest absolute Gasteiger partial charge is 0.255 e. The molecule has 1 amide bonds. The van der Waals surface area contributed by atoms with Gasteiger partial charge in [-0.05, 0) is 54.6 Å². The van der Waals surface area contributed by atoms with Crippen molar-refractivity contribution >= 4 is 34.0 Å². The summed E-state index contributed by atoms with van der Waals surface area (Å²) in [5.41, 5.74) is 6.49. The van der Waals surface area contributed by atoms with Gasteiger partial charge in [0.1, 0.15) is 5.82 Å². The summed E-state index contributed by atoms with van der Waals surface area (Å²) in [6, 6.07) is 30.4. The van der Waals surface area contributed by atoms with Crippen LogP contribution in [0.25, 0.3) is 22.4 Å². The number of aromatic nitrogens is 2. The van der Waals surface area contributed by atoms with Gasteiger partial charge in [0, 0.05) is 46.8 Å². The first kappa shape index (κ1) is 24.7. The van der Waals surface area contributed by atoms with Crippen LogP contribution < -0.4 is 15.5 Å². The molecule has 8 nitrogen and oxygen atoms in total. The van der Waals surface area contributed by atoms with Crippen molar-refractivity contribution in [2.45, 2.75) is 6.23 Å². The second-order valence-corrected chi connectivity index (χ2v) is 9.45. The number of fused-ring (bicyclic) bond motifs is 1. The van der Waals surface area contributed by atoms with E-state index in [0.29, 0.717) is 17.1 Å². The molecule has 1 saturated heterocycles. The third-order valence-corrected chi connectivity index (χ3v) is 6.82. The van der Waals surface area contributed by atoms with Crippen molar-refractivity contribution in [2.75, 3.05) is 41.8 Å². The molecule has 1 aromatic heterocycles. The number of hydrogen-bond acceptors (Lipinski definition) is 6. The molecule has 0 radical (unpaired) electrons. The van der Waals surface area contributed by atoms with E-state index >= 15 is 0 Å². The van der Waals surface area contributed by atoms with E-state index in [-0.39, 0.29) is 5.91 Å². The minimum atomic E-state index is -0.820. The topological polar surface area (TPSA) is 103 Å². The number of carbonyl (C=O) groups excluding carboxylic acids is 1. The zero-order valence-corrected chi connectivity index (χ0v) is 21.3. The first-order chi connectivity index (χ1) is 19.1. The fraction of sp³-hybridized carbons (Fsp3) is 0.161. The van der Waals surface area contributed by atoms with Crippen LogP contribution in [-0.2, 0) is 4.74 Å². The van der Waals surface area contributed by atoms with Gasteiger partial charge in [-0.25, -0.2) is 4.98 Å². The number of hydrogen-bond donors (Lipinski definition) is 4. The predicted molar refractivity (Wildman–Crippen MR) is 154 cm³/mol. The molecule has 0 spiro atoms. The number of para-hydroxylation sites is 1. The first-order valence-electron chi connectivity index (χ1n) is 13.0. The first-order valence-corrected chi connectivity index (χ1v) is 13.0. The summed E-state index contributed by atoms with van der Waals surface area (Å²) >= 11 is 0. The number of benzene rings is 4. The summed E-state index contributed by atoms with van der Waals surface area (Å²) in [4.78, 5) is 23.2. The molecule has 4 N–H and O–H groups in total. The van der Waals surface area contributed by atoms with E-state index in [4.69, 9.17) is 9.72 Å². The Morgan fingerprint density at radius 3 is 2.38 bits per heavy atom. The average Bonchev–Trinajstić information content (AvgIpc) is 3.42. The summed E-state index contributed by atoms with van der Waals surface area (Å²) in [7, 11) is 0. The lowest BCUT2D eigenvalue weighted by molar-refractivity contribution is 0.102. The van der Waals surface area contributed by atoms with Gasteiger partial charge in [0.25, 0.3) is 5.91 Å². The minimum absolute atomic E-state index is 0.166. The Morgan fingerprint density at radius 2 is 1.64 bits per heavy atom. The molecule has 1 aliphatic heterocycles. The highest BCUT2D eigenvalue weighted by Gasteiger charge is 2.14. The average molecular weight is 520 g/mol. The Bertz CT molecular complexity index is 1560. The third-order valence-electron chi connectivity index (χ3n) is 6.82. The van der Waals surface area contributed by atoms with Crippen molar-refractivity contribution in [1.82, 2.24) is 9.97 Å². The number of imidazole rings is 1. The number of nitrogens with zero attached hydrogens (tertiary/aromatic N) is 2. The third kappa shape index (κ3) is 5.62. The van der Waals surface area contributed by atoms with Crippen LogP contribution in [0.3, 0.4) is 0 Å². The van der Waals surface area contributed by atoms with E-state index < -0.39 is 6.23 Å².